The van der Waals surface area contributed by atoms with Gasteiger partial charge in [0.05, 0.1) is 28.8 Å². The van der Waals surface area contributed by atoms with Crippen molar-refractivity contribution in [3.8, 4) is 11.5 Å². The third-order valence-corrected chi connectivity index (χ3v) is 9.96. The topological polar surface area (TPSA) is 118 Å². The minimum Gasteiger partial charge on any atom is -0.490 e. The lowest BCUT2D eigenvalue weighted by Gasteiger charge is -2.30. The number of nitrogens with one attached hydrogen (secondary N) is 2. The van der Waals surface area contributed by atoms with Crippen LogP contribution < -0.4 is 24.6 Å². The van der Waals surface area contributed by atoms with E-state index in [0.717, 1.165) is 40.8 Å². The van der Waals surface area contributed by atoms with Gasteiger partial charge in [-0.2, -0.15) is 13.2 Å². The quantitative estimate of drug-likeness (QED) is 0.222. The minimum absolute atomic E-state index is 0.226. The van der Waals surface area contributed by atoms with Crippen molar-refractivity contribution in [3.05, 3.63) is 98.0 Å². The fourth-order valence-corrected chi connectivity index (χ4v) is 8.21. The number of nitrogens with zero attached hydrogens (tertiary/aromatic N) is 1. The van der Waals surface area contributed by atoms with Crippen LogP contribution in [0.25, 0.3) is 0 Å². The highest BCUT2D eigenvalue weighted by molar-refractivity contribution is 8.00. The molecule has 4 aromatic rings. The van der Waals surface area contributed by atoms with Crippen LogP contribution in [0.1, 0.15) is 34.4 Å². The van der Waals surface area contributed by atoms with Gasteiger partial charge in [-0.05, 0) is 61.4 Å². The smallest absolute Gasteiger partial charge is 0.418 e. The Labute approximate surface area is 268 Å². The fraction of sp³-hybridized carbons (Fsp3) is 0.250. The van der Waals surface area contributed by atoms with Gasteiger partial charge in [0.1, 0.15) is 5.25 Å². The standard InChI is InChI=1S/C32H26F3N3O6S2/c1-3-43-22-14-17(11-12-21(22)44-15-23(39)36-18-8-6-7-16(2)13-18)24-25-27(45-28-26(24)46-31(42)37-28)30(41)38(29(25)40)20-10-5-4-9-19(20)32(33,34)35/h4-14,24-25,27H,3,15H2,1-2H3,(H,36,39)(H,37,42)/t24-,25?,27?/m1/s1. The molecule has 0 spiro atoms. The molecule has 1 fully saturated rings. The Morgan fingerprint density at radius 1 is 0.978 bits per heavy atom. The van der Waals surface area contributed by atoms with Gasteiger partial charge in [0.25, 0.3) is 5.91 Å². The number of anilines is 2. The van der Waals surface area contributed by atoms with Crippen molar-refractivity contribution in [2.75, 3.05) is 23.4 Å². The summed E-state index contributed by atoms with van der Waals surface area (Å²) >= 11 is 1.83. The number of halogens is 3. The molecule has 46 heavy (non-hydrogen) atoms. The lowest BCUT2D eigenvalue weighted by Crippen LogP contribution is -2.33. The molecule has 14 heteroatoms. The Bertz CT molecular complexity index is 1910. The highest BCUT2D eigenvalue weighted by atomic mass is 32.2. The molecule has 3 amide bonds. The minimum atomic E-state index is -4.81. The molecular weight excluding hydrogens is 643 g/mol. The van der Waals surface area contributed by atoms with Crippen molar-refractivity contribution in [2.45, 2.75) is 36.2 Å². The van der Waals surface area contributed by atoms with Crippen LogP contribution in [0.3, 0.4) is 0 Å². The van der Waals surface area contributed by atoms with Gasteiger partial charge in [0.15, 0.2) is 18.1 Å². The second-order valence-electron chi connectivity index (χ2n) is 10.6. The number of H-pyrrole nitrogens is 1. The van der Waals surface area contributed by atoms with Crippen molar-refractivity contribution in [3.63, 3.8) is 0 Å². The van der Waals surface area contributed by atoms with Crippen LogP contribution in [0, 0.1) is 12.8 Å². The SMILES string of the molecule is CCOc1cc([C@H]2c3sc(=O)[nH]c3SC3C(=O)N(c4ccccc4C(F)(F)F)C(=O)C32)ccc1OCC(=O)Nc1cccc(C)c1. The van der Waals surface area contributed by atoms with Gasteiger partial charge in [-0.25, -0.2) is 4.90 Å². The summed E-state index contributed by atoms with van der Waals surface area (Å²) in [5.41, 5.74) is 0.425. The van der Waals surface area contributed by atoms with Crippen molar-refractivity contribution in [1.29, 1.82) is 0 Å². The largest absolute Gasteiger partial charge is 0.490 e. The van der Waals surface area contributed by atoms with E-state index in [1.807, 2.05) is 25.1 Å². The zero-order valence-electron chi connectivity index (χ0n) is 24.3. The molecule has 2 unspecified atom stereocenters. The van der Waals surface area contributed by atoms with Gasteiger partial charge >= 0.3 is 11.0 Å². The Morgan fingerprint density at radius 2 is 1.76 bits per heavy atom. The normalized spacial score (nSPS) is 19.1. The van der Waals surface area contributed by atoms with Crippen LogP contribution in [0.4, 0.5) is 24.5 Å². The van der Waals surface area contributed by atoms with Crippen molar-refractivity contribution in [2.24, 2.45) is 5.92 Å². The molecule has 3 atom stereocenters. The Hall–Kier alpha value is -4.56. The summed E-state index contributed by atoms with van der Waals surface area (Å²) in [5.74, 6) is -3.49. The first kappa shape index (κ1) is 31.4. The maximum absolute atomic E-state index is 14.0. The molecule has 9 nitrogen and oxygen atoms in total. The number of imide groups is 1. The second-order valence-corrected chi connectivity index (χ2v) is 12.8. The number of ether oxygens (including phenoxy) is 2. The Kier molecular flexibility index (Phi) is 8.42. The predicted molar refractivity (Wildman–Crippen MR) is 167 cm³/mol. The van der Waals surface area contributed by atoms with Crippen LogP contribution >= 0.6 is 23.1 Å². The predicted octanol–water partition coefficient (Wildman–Crippen LogP) is 5.98. The van der Waals surface area contributed by atoms with Crippen molar-refractivity contribution >= 4 is 52.2 Å². The van der Waals surface area contributed by atoms with Crippen LogP contribution in [-0.4, -0.2) is 41.2 Å². The van der Waals surface area contributed by atoms with Crippen LogP contribution in [-0.2, 0) is 20.6 Å². The highest BCUT2D eigenvalue weighted by Crippen LogP contribution is 2.54. The van der Waals surface area contributed by atoms with E-state index >= 15 is 0 Å². The molecule has 0 radical (unpaired) electrons. The molecule has 6 rings (SSSR count). The number of thiazole rings is 1. The first-order chi connectivity index (χ1) is 22.0. The number of para-hydroxylation sites is 1. The van der Waals surface area contributed by atoms with Gasteiger partial charge in [-0.15, -0.1) is 0 Å². The summed E-state index contributed by atoms with van der Waals surface area (Å²) < 4.78 is 53.4. The van der Waals surface area contributed by atoms with Gasteiger partial charge < -0.3 is 19.8 Å². The number of thioether (sulfide) groups is 1. The molecular formula is C32H26F3N3O6S2. The first-order valence-electron chi connectivity index (χ1n) is 14.2. The van der Waals surface area contributed by atoms with Crippen LogP contribution in [0.2, 0.25) is 0 Å². The lowest BCUT2D eigenvalue weighted by atomic mass is 9.83. The number of fused-ring (bicyclic) bond motifs is 2. The number of carbonyl (C=O) groups excluding carboxylic acids is 3. The van der Waals surface area contributed by atoms with Gasteiger partial charge in [0, 0.05) is 16.5 Å². The molecule has 3 aromatic carbocycles. The summed E-state index contributed by atoms with van der Waals surface area (Å²) in [6.45, 7) is 3.55. The number of aryl methyl sites for hydroxylation is 1. The fourth-order valence-electron chi connectivity index (χ4n) is 5.69. The van der Waals surface area contributed by atoms with E-state index in [-0.39, 0.29) is 24.7 Å². The molecule has 0 aliphatic carbocycles. The third kappa shape index (κ3) is 5.89. The Balaban J connectivity index is 1.34. The number of alkyl halides is 3. The Morgan fingerprint density at radius 3 is 2.50 bits per heavy atom. The molecule has 2 aliphatic heterocycles. The van der Waals surface area contributed by atoms with Crippen LogP contribution in [0.15, 0.2) is 76.6 Å². The summed E-state index contributed by atoms with van der Waals surface area (Å²) in [7, 11) is 0. The van der Waals surface area contributed by atoms with E-state index in [0.29, 0.717) is 26.1 Å². The molecule has 2 N–H and O–H groups in total. The number of rotatable bonds is 8. The average molecular weight is 670 g/mol. The number of benzene rings is 3. The van der Waals surface area contributed by atoms with E-state index in [2.05, 4.69) is 10.3 Å². The number of aromatic amines is 1. The number of carbonyl (C=O) groups is 3. The van der Waals surface area contributed by atoms with E-state index in [4.69, 9.17) is 9.47 Å². The number of hydrogen-bond donors (Lipinski definition) is 2. The van der Waals surface area contributed by atoms with Gasteiger partial charge in [-0.3, -0.25) is 19.2 Å². The van der Waals surface area contributed by atoms with Crippen LogP contribution in [0.5, 0.6) is 11.5 Å². The summed E-state index contributed by atoms with van der Waals surface area (Å²) in [6.07, 6.45) is -4.81. The van der Waals surface area contributed by atoms with Crippen molar-refractivity contribution < 1.29 is 37.0 Å². The zero-order chi connectivity index (χ0) is 32.7. The number of hydrogen-bond acceptors (Lipinski definition) is 8. The average Bonchev–Trinajstić information content (AvgIpc) is 3.50. The highest BCUT2D eigenvalue weighted by Gasteiger charge is 2.57. The summed E-state index contributed by atoms with van der Waals surface area (Å²) in [5, 5.41) is 2.05. The molecule has 1 aromatic heterocycles. The molecule has 238 valence electrons. The monoisotopic (exact) mass is 669 g/mol. The van der Waals surface area contributed by atoms with E-state index in [9.17, 15) is 32.3 Å². The maximum atomic E-state index is 14.0. The number of aromatic nitrogens is 1. The zero-order valence-corrected chi connectivity index (χ0v) is 26.0. The molecule has 3 heterocycles. The molecule has 0 saturated carbocycles. The molecule has 1 saturated heterocycles. The van der Waals surface area contributed by atoms with E-state index in [1.165, 1.54) is 12.1 Å². The van der Waals surface area contributed by atoms with Crippen molar-refractivity contribution in [1.82, 2.24) is 4.98 Å². The lowest BCUT2D eigenvalue weighted by molar-refractivity contribution is -0.137. The molecule has 0 bridgehead atoms. The summed E-state index contributed by atoms with van der Waals surface area (Å²) in [6, 6.07) is 16.5. The summed E-state index contributed by atoms with van der Waals surface area (Å²) in [4.78, 5) is 56.1. The van der Waals surface area contributed by atoms with E-state index < -0.39 is 57.1 Å². The van der Waals surface area contributed by atoms with E-state index in [1.54, 1.807) is 31.2 Å². The van der Waals surface area contributed by atoms with Gasteiger partial charge in [0.2, 0.25) is 11.8 Å². The maximum Gasteiger partial charge on any atom is 0.418 e. The molecule has 2 aliphatic rings. The second kappa shape index (κ2) is 12.3. The first-order valence-corrected chi connectivity index (χ1v) is 15.9. The van der Waals surface area contributed by atoms with Gasteiger partial charge in [-0.1, -0.05) is 53.4 Å². The third-order valence-electron chi connectivity index (χ3n) is 7.56. The number of amides is 3.